The Hall–Kier alpha value is -5.28. The third-order valence-corrected chi connectivity index (χ3v) is 6.74. The highest BCUT2D eigenvalue weighted by atomic mass is 16.5. The number of methoxy groups -OCH3 is 1. The molecule has 0 fully saturated rings. The van der Waals surface area contributed by atoms with Crippen molar-refractivity contribution < 1.29 is 28.6 Å². The number of benzene rings is 4. The van der Waals surface area contributed by atoms with Crippen molar-refractivity contribution in [3.05, 3.63) is 102 Å². The van der Waals surface area contributed by atoms with Crippen molar-refractivity contribution in [1.82, 2.24) is 4.98 Å². The molecule has 4 aromatic carbocycles. The molecule has 0 bridgehead atoms. The Morgan fingerprint density at radius 3 is 2.45 bits per heavy atom. The van der Waals surface area contributed by atoms with E-state index in [1.807, 2.05) is 48.5 Å². The number of carbonyl (C=O) groups excluding carboxylic acids is 2. The van der Waals surface area contributed by atoms with Crippen LogP contribution in [0, 0.1) is 0 Å². The molecule has 9 heteroatoms. The summed E-state index contributed by atoms with van der Waals surface area (Å²) >= 11 is 0. The van der Waals surface area contributed by atoms with Crippen molar-refractivity contribution in [2.45, 2.75) is 0 Å². The van der Waals surface area contributed by atoms with Gasteiger partial charge in [-0.05, 0) is 59.7 Å². The number of ether oxygens (including phenoxy) is 1. The molecular formula is C31H23N3O6. The zero-order valence-electron chi connectivity index (χ0n) is 21.4. The van der Waals surface area contributed by atoms with E-state index < -0.39 is 17.8 Å². The summed E-state index contributed by atoms with van der Waals surface area (Å²) in [5, 5.41) is 12.6. The van der Waals surface area contributed by atoms with Crippen LogP contribution < -0.4 is 10.2 Å². The molecule has 2 N–H and O–H groups in total. The van der Waals surface area contributed by atoms with Gasteiger partial charge < -0.3 is 19.6 Å². The number of rotatable bonds is 8. The number of nitrogens with zero attached hydrogens (tertiary/aromatic N) is 2. The maximum absolute atomic E-state index is 13.4. The van der Waals surface area contributed by atoms with E-state index >= 15 is 0 Å². The Bertz CT molecular complexity index is 1790. The molecule has 0 spiro atoms. The van der Waals surface area contributed by atoms with Gasteiger partial charge in [-0.15, -0.1) is 0 Å². The molecule has 0 radical (unpaired) electrons. The number of nitrogens with one attached hydrogen (secondary N) is 1. The van der Waals surface area contributed by atoms with Crippen LogP contribution >= 0.6 is 0 Å². The van der Waals surface area contributed by atoms with Crippen molar-refractivity contribution in [2.24, 2.45) is 0 Å². The number of anilines is 2. The van der Waals surface area contributed by atoms with Crippen molar-refractivity contribution in [1.29, 1.82) is 0 Å². The van der Waals surface area contributed by atoms with Crippen molar-refractivity contribution in [3.63, 3.8) is 0 Å². The van der Waals surface area contributed by atoms with Crippen LogP contribution in [0.25, 0.3) is 33.7 Å². The predicted molar refractivity (Wildman–Crippen MR) is 150 cm³/mol. The van der Waals surface area contributed by atoms with Crippen molar-refractivity contribution in [2.75, 3.05) is 30.5 Å². The van der Waals surface area contributed by atoms with Crippen LogP contribution in [0.4, 0.5) is 11.4 Å². The summed E-state index contributed by atoms with van der Waals surface area (Å²) in [6.07, 6.45) is 0. The third-order valence-electron chi connectivity index (χ3n) is 6.74. The number of carbonyl (C=O) groups is 3. The second kappa shape index (κ2) is 10.1. The molecule has 2 amide bonds. The maximum Gasteiger partial charge on any atom is 0.335 e. The van der Waals surface area contributed by atoms with Crippen LogP contribution in [0.3, 0.4) is 0 Å². The molecule has 0 unspecified atom stereocenters. The average Bonchev–Trinajstić information content (AvgIpc) is 3.51. The summed E-state index contributed by atoms with van der Waals surface area (Å²) in [5.41, 5.74) is 4.80. The molecule has 0 atom stereocenters. The smallest absolute Gasteiger partial charge is 0.335 e. The largest absolute Gasteiger partial charge is 0.478 e. The highest BCUT2D eigenvalue weighted by Gasteiger charge is 2.38. The molecule has 5 aromatic rings. The fraction of sp³-hybridized carbons (Fsp3) is 0.0968. The minimum Gasteiger partial charge on any atom is -0.478 e. The van der Waals surface area contributed by atoms with Crippen molar-refractivity contribution in [3.8, 4) is 22.6 Å². The number of hydrogen-bond donors (Lipinski definition) is 2. The Kier molecular flexibility index (Phi) is 6.33. The second-order valence-corrected chi connectivity index (χ2v) is 9.23. The second-order valence-electron chi connectivity index (χ2n) is 9.23. The van der Waals surface area contributed by atoms with E-state index in [0.717, 1.165) is 16.0 Å². The molecule has 40 heavy (non-hydrogen) atoms. The lowest BCUT2D eigenvalue weighted by Crippen LogP contribution is -2.30. The molecule has 9 nitrogen and oxygen atoms in total. The molecule has 6 rings (SSSR count). The zero-order chi connectivity index (χ0) is 27.8. The standard InChI is InChI=1S/C31H23N3O6/c1-39-14-13-32-24-11-8-20(28-33-25-16-19(9-12-27(25)40-28)18-5-3-2-4-6-18)17-26(24)34-29(35)22-10-7-21(31(37)38)15-23(22)30(34)36/h2-12,15-17,32H,13-14H2,1H3,(H,37,38). The molecule has 0 saturated carbocycles. The SMILES string of the molecule is COCCNc1ccc(-c2nc3cc(-c4ccccc4)ccc3o2)cc1N1C(=O)c2ccc(C(=O)O)cc2C1=O. The van der Waals surface area contributed by atoms with Gasteiger partial charge in [-0.2, -0.15) is 0 Å². The fourth-order valence-corrected chi connectivity index (χ4v) is 4.74. The van der Waals surface area contributed by atoms with Crippen LogP contribution in [0.1, 0.15) is 31.1 Å². The molecule has 2 heterocycles. The molecular weight excluding hydrogens is 510 g/mol. The number of imide groups is 1. The topological polar surface area (TPSA) is 122 Å². The van der Waals surface area contributed by atoms with Crippen LogP contribution in [0.15, 0.2) is 89.3 Å². The van der Waals surface area contributed by atoms with Gasteiger partial charge in [0.05, 0.1) is 34.7 Å². The first-order chi connectivity index (χ1) is 19.4. The highest BCUT2D eigenvalue weighted by Crippen LogP contribution is 2.38. The first-order valence-corrected chi connectivity index (χ1v) is 12.5. The minimum atomic E-state index is -1.18. The Balaban J connectivity index is 1.41. The van der Waals surface area contributed by atoms with Gasteiger partial charge in [-0.1, -0.05) is 36.4 Å². The minimum absolute atomic E-state index is 0.0356. The summed E-state index contributed by atoms with van der Waals surface area (Å²) in [4.78, 5) is 44.0. The number of carboxylic acids is 1. The van der Waals surface area contributed by atoms with E-state index in [1.54, 1.807) is 25.3 Å². The van der Waals surface area contributed by atoms with Gasteiger partial charge in [0, 0.05) is 19.2 Å². The number of oxazole rings is 1. The monoisotopic (exact) mass is 533 g/mol. The van der Waals surface area contributed by atoms with Crippen molar-refractivity contribution >= 4 is 40.3 Å². The normalized spacial score (nSPS) is 12.7. The van der Waals surface area contributed by atoms with Crippen LogP contribution in [0.2, 0.25) is 0 Å². The number of hydrogen-bond acceptors (Lipinski definition) is 7. The quantitative estimate of drug-likeness (QED) is 0.192. The van der Waals surface area contributed by atoms with E-state index in [1.165, 1.54) is 18.2 Å². The van der Waals surface area contributed by atoms with Crippen LogP contribution in [-0.4, -0.2) is 48.1 Å². The van der Waals surface area contributed by atoms with E-state index in [0.29, 0.717) is 47.1 Å². The van der Waals surface area contributed by atoms with Gasteiger partial charge in [-0.25, -0.2) is 14.7 Å². The number of aromatic nitrogens is 1. The fourth-order valence-electron chi connectivity index (χ4n) is 4.74. The molecule has 0 aliphatic carbocycles. The summed E-state index contributed by atoms with van der Waals surface area (Å²) in [6.45, 7) is 0.834. The van der Waals surface area contributed by atoms with Gasteiger partial charge in [-0.3, -0.25) is 9.59 Å². The number of amides is 2. The molecule has 1 aliphatic rings. The Morgan fingerprint density at radius 1 is 0.900 bits per heavy atom. The lowest BCUT2D eigenvalue weighted by molar-refractivity contribution is 0.0696. The van der Waals surface area contributed by atoms with E-state index in [4.69, 9.17) is 9.15 Å². The number of fused-ring (bicyclic) bond motifs is 2. The van der Waals surface area contributed by atoms with Gasteiger partial charge in [0.1, 0.15) is 5.52 Å². The highest BCUT2D eigenvalue weighted by molar-refractivity contribution is 6.35. The predicted octanol–water partition coefficient (Wildman–Crippen LogP) is 5.72. The number of aromatic carboxylic acids is 1. The van der Waals surface area contributed by atoms with Gasteiger partial charge in [0.15, 0.2) is 5.58 Å². The maximum atomic E-state index is 13.4. The zero-order valence-corrected chi connectivity index (χ0v) is 21.4. The first kappa shape index (κ1) is 25.0. The summed E-state index contributed by atoms with van der Waals surface area (Å²) in [6, 6.07) is 24.8. The molecule has 1 aromatic heterocycles. The Labute approximate surface area is 228 Å². The van der Waals surface area contributed by atoms with Gasteiger partial charge >= 0.3 is 5.97 Å². The van der Waals surface area contributed by atoms with Crippen LogP contribution in [0.5, 0.6) is 0 Å². The van der Waals surface area contributed by atoms with E-state index in [-0.39, 0.29) is 16.7 Å². The molecule has 0 saturated heterocycles. The van der Waals surface area contributed by atoms with E-state index in [9.17, 15) is 19.5 Å². The average molecular weight is 534 g/mol. The van der Waals surface area contributed by atoms with Gasteiger partial charge in [0.2, 0.25) is 5.89 Å². The summed E-state index contributed by atoms with van der Waals surface area (Å²) in [5.74, 6) is -2.01. The summed E-state index contributed by atoms with van der Waals surface area (Å²) < 4.78 is 11.2. The van der Waals surface area contributed by atoms with Gasteiger partial charge in [0.25, 0.3) is 11.8 Å². The Morgan fingerprint density at radius 2 is 1.68 bits per heavy atom. The first-order valence-electron chi connectivity index (χ1n) is 12.5. The van der Waals surface area contributed by atoms with Crippen LogP contribution in [-0.2, 0) is 4.74 Å². The number of carboxylic acid groups (broad SMARTS) is 1. The lowest BCUT2D eigenvalue weighted by Gasteiger charge is -2.20. The molecule has 198 valence electrons. The van der Waals surface area contributed by atoms with E-state index in [2.05, 4.69) is 10.3 Å². The summed E-state index contributed by atoms with van der Waals surface area (Å²) in [7, 11) is 1.58. The molecule has 1 aliphatic heterocycles. The lowest BCUT2D eigenvalue weighted by atomic mass is 10.1. The third kappa shape index (κ3) is 4.38.